The van der Waals surface area contributed by atoms with Gasteiger partial charge in [-0.1, -0.05) is 116 Å². The van der Waals surface area contributed by atoms with Crippen molar-refractivity contribution in [2.45, 2.75) is 19.6 Å². The lowest BCUT2D eigenvalue weighted by molar-refractivity contribution is 1.19. The molecule has 7 heteroatoms. The molecule has 0 bridgehead atoms. The van der Waals surface area contributed by atoms with Gasteiger partial charge in [0.2, 0.25) is 0 Å². The molecule has 0 unspecified atom stereocenters. The summed E-state index contributed by atoms with van der Waals surface area (Å²) in [6.45, 7) is 7.43. The van der Waals surface area contributed by atoms with Gasteiger partial charge in [-0.25, -0.2) is 0 Å². The average Bonchev–Trinajstić information content (AvgIpc) is 3.91. The summed E-state index contributed by atoms with van der Waals surface area (Å²) in [5.41, 5.74) is 12.7. The number of hydrogen-bond donors (Lipinski definition) is 0. The molecule has 0 saturated carbocycles. The summed E-state index contributed by atoms with van der Waals surface area (Å²) in [7, 11) is -1.57. The van der Waals surface area contributed by atoms with Gasteiger partial charge >= 0.3 is 0 Å². The van der Waals surface area contributed by atoms with Gasteiger partial charge in [0.05, 0.1) is 29.8 Å². The van der Waals surface area contributed by atoms with E-state index in [1.165, 1.54) is 102 Å². The highest BCUT2D eigenvalue weighted by Gasteiger charge is 2.46. The fourth-order valence-corrected chi connectivity index (χ4v) is 13.2. The van der Waals surface area contributed by atoms with Gasteiger partial charge in [-0.05, 0) is 89.1 Å². The number of hydrogen-bond acceptors (Lipinski definition) is 4. The van der Waals surface area contributed by atoms with Crippen molar-refractivity contribution in [2.24, 2.45) is 0 Å². The van der Waals surface area contributed by atoms with Crippen LogP contribution >= 0.6 is 22.7 Å². The molecule has 5 heterocycles. The Kier molecular flexibility index (Phi) is 6.84. The lowest BCUT2D eigenvalue weighted by atomic mass is 9.36. The highest BCUT2D eigenvalue weighted by atomic mass is 32.1. The number of nitrogens with zero attached hydrogens (tertiary/aromatic N) is 3. The van der Waals surface area contributed by atoms with Gasteiger partial charge < -0.3 is 14.4 Å². The summed E-state index contributed by atoms with van der Waals surface area (Å²) in [6, 6.07) is 61.3. The monoisotopic (exact) mass is 769 g/mol. The van der Waals surface area contributed by atoms with Crippen molar-refractivity contribution in [3.8, 4) is 5.69 Å². The van der Waals surface area contributed by atoms with Crippen LogP contribution in [0.2, 0.25) is 19.6 Å². The van der Waals surface area contributed by atoms with E-state index in [1.54, 1.807) is 0 Å². The van der Waals surface area contributed by atoms with Crippen LogP contribution in [0.3, 0.4) is 0 Å². The molecule has 3 nitrogen and oxygen atoms in total. The van der Waals surface area contributed by atoms with E-state index in [0.29, 0.717) is 0 Å². The second-order valence-electron chi connectivity index (χ2n) is 16.1. The van der Waals surface area contributed by atoms with Crippen molar-refractivity contribution in [1.29, 1.82) is 0 Å². The van der Waals surface area contributed by atoms with Crippen molar-refractivity contribution in [3.05, 3.63) is 164 Å². The lowest BCUT2D eigenvalue weighted by Gasteiger charge is -2.42. The molecule has 7 aromatic carbocycles. The van der Waals surface area contributed by atoms with Gasteiger partial charge in [0, 0.05) is 58.8 Å². The highest BCUT2D eigenvalue weighted by molar-refractivity contribution is 7.35. The molecule has 0 amide bonds. The van der Waals surface area contributed by atoms with Gasteiger partial charge in [0.15, 0.2) is 0 Å². The number of para-hydroxylation sites is 3. The first kappa shape index (κ1) is 32.4. The average molecular weight is 770 g/mol. The third-order valence-corrected chi connectivity index (χ3v) is 16.4. The predicted octanol–water partition coefficient (Wildman–Crippen LogP) is 11.8. The zero-order chi connectivity index (χ0) is 37.3. The molecule has 0 fully saturated rings. The van der Waals surface area contributed by atoms with Gasteiger partial charge in [-0.15, -0.1) is 22.7 Å². The predicted molar refractivity (Wildman–Crippen MR) is 249 cm³/mol. The van der Waals surface area contributed by atoms with E-state index < -0.39 is 8.07 Å². The molecule has 2 aliphatic rings. The number of aromatic nitrogens is 1. The summed E-state index contributed by atoms with van der Waals surface area (Å²) >= 11 is 3.90. The van der Waals surface area contributed by atoms with Crippen LogP contribution in [0.15, 0.2) is 164 Å². The fraction of sp³-hybridized carbons (Fsp3) is 0.0612. The molecular formula is C49H36BN3S2Si. The molecule has 0 saturated heterocycles. The van der Waals surface area contributed by atoms with Crippen molar-refractivity contribution in [1.82, 2.24) is 4.57 Å². The van der Waals surface area contributed by atoms with Crippen LogP contribution in [0.1, 0.15) is 0 Å². The third kappa shape index (κ3) is 4.50. The maximum absolute atomic E-state index is 2.58. The van der Waals surface area contributed by atoms with Gasteiger partial charge in [-0.3, -0.25) is 0 Å². The Balaban J connectivity index is 1.17. The topological polar surface area (TPSA) is 11.4 Å². The van der Waals surface area contributed by atoms with Crippen LogP contribution in [0.5, 0.6) is 0 Å². The maximum atomic E-state index is 2.58. The van der Waals surface area contributed by atoms with Crippen LogP contribution in [0.25, 0.3) is 47.7 Å². The second kappa shape index (κ2) is 11.8. The molecule has 10 aromatic rings. The molecule has 2 aliphatic heterocycles. The normalized spacial score (nSPS) is 13.5. The van der Waals surface area contributed by atoms with E-state index in [2.05, 4.69) is 198 Å². The second-order valence-corrected chi connectivity index (χ2v) is 23.3. The van der Waals surface area contributed by atoms with Crippen molar-refractivity contribution >= 4 is 134 Å². The number of benzene rings is 7. The van der Waals surface area contributed by atoms with Gasteiger partial charge in [-0.2, -0.15) is 0 Å². The molecule has 12 rings (SSSR count). The molecule has 266 valence electrons. The Hall–Kier alpha value is -5.86. The largest absolute Gasteiger partial charge is 0.310 e. The summed E-state index contributed by atoms with van der Waals surface area (Å²) in [6.07, 6.45) is 0. The minimum atomic E-state index is -1.57. The molecule has 0 atom stereocenters. The van der Waals surface area contributed by atoms with Gasteiger partial charge in [0.25, 0.3) is 6.71 Å². The zero-order valence-electron chi connectivity index (χ0n) is 31.3. The molecule has 0 radical (unpaired) electrons. The van der Waals surface area contributed by atoms with E-state index in [-0.39, 0.29) is 6.71 Å². The standard InChI is InChI=1S/C49H36BN3S2Si/c1-56(2,3)34-18-13-17-32(29-34)53-42-25-14-24-41-46(42)50(45-37-21-9-12-26-43(37)55-49(45)53)48-47(52(41)31-15-5-4-6-16-31)38-30-33(27-28-44(38)54-48)51-39-22-10-7-19-35(39)36-20-8-11-23-40(36)51/h4-30H,1-3H3. The molecule has 56 heavy (non-hydrogen) atoms. The minimum absolute atomic E-state index is 0.0906. The van der Waals surface area contributed by atoms with Crippen LogP contribution < -0.4 is 30.7 Å². The van der Waals surface area contributed by atoms with Crippen LogP contribution in [-0.2, 0) is 0 Å². The van der Waals surface area contributed by atoms with Crippen LogP contribution in [0, 0.1) is 0 Å². The summed E-state index contributed by atoms with van der Waals surface area (Å²) < 4.78 is 6.50. The number of anilines is 6. The van der Waals surface area contributed by atoms with Crippen molar-refractivity contribution < 1.29 is 0 Å². The van der Waals surface area contributed by atoms with E-state index >= 15 is 0 Å². The Labute approximate surface area is 335 Å². The van der Waals surface area contributed by atoms with Crippen LogP contribution in [0.4, 0.5) is 33.4 Å². The Bertz CT molecular complexity index is 3170. The Morgan fingerprint density at radius 3 is 1.84 bits per heavy atom. The van der Waals surface area contributed by atoms with E-state index in [0.717, 1.165) is 0 Å². The summed E-state index contributed by atoms with van der Waals surface area (Å²) in [4.78, 5) is 5.15. The number of thiophene rings is 2. The minimum Gasteiger partial charge on any atom is -0.310 e. The first-order chi connectivity index (χ1) is 27.4. The Morgan fingerprint density at radius 1 is 0.464 bits per heavy atom. The third-order valence-electron chi connectivity index (χ3n) is 11.9. The first-order valence-electron chi connectivity index (χ1n) is 19.4. The van der Waals surface area contributed by atoms with Crippen molar-refractivity contribution in [3.63, 3.8) is 0 Å². The molecule has 0 N–H and O–H groups in total. The first-order valence-corrected chi connectivity index (χ1v) is 24.5. The number of fused-ring (bicyclic) bond motifs is 11. The molecule has 0 spiro atoms. The van der Waals surface area contributed by atoms with E-state index in [1.807, 2.05) is 22.7 Å². The van der Waals surface area contributed by atoms with Crippen molar-refractivity contribution in [2.75, 3.05) is 9.80 Å². The Morgan fingerprint density at radius 2 is 1.09 bits per heavy atom. The number of rotatable bonds is 4. The maximum Gasteiger partial charge on any atom is 0.266 e. The quantitative estimate of drug-likeness (QED) is 0.165. The SMILES string of the molecule is C[Si](C)(C)c1cccc(N2c3cccc4c3B(c3sc5ccc(-n6c7ccccc7c7ccccc76)cc5c3N4c3ccccc3)c3c2sc2ccccc32)c1. The molecule has 0 aliphatic carbocycles. The molecule has 3 aromatic heterocycles. The highest BCUT2D eigenvalue weighted by Crippen LogP contribution is 2.50. The summed E-state index contributed by atoms with van der Waals surface area (Å²) in [5, 5.41) is 8.00. The molecular weight excluding hydrogens is 734 g/mol. The fourth-order valence-electron chi connectivity index (χ4n) is 9.43. The van der Waals surface area contributed by atoms with Crippen LogP contribution in [-0.4, -0.2) is 19.4 Å². The van der Waals surface area contributed by atoms with E-state index in [9.17, 15) is 0 Å². The van der Waals surface area contributed by atoms with E-state index in [4.69, 9.17) is 0 Å². The summed E-state index contributed by atoms with van der Waals surface area (Å²) in [5.74, 6) is 0. The zero-order valence-corrected chi connectivity index (χ0v) is 34.0. The lowest BCUT2D eigenvalue weighted by Crippen LogP contribution is -2.60. The smallest absolute Gasteiger partial charge is 0.266 e. The van der Waals surface area contributed by atoms with Gasteiger partial charge in [0.1, 0.15) is 0 Å².